The Morgan fingerprint density at radius 2 is 2.05 bits per heavy atom. The SMILES string of the molecule is O=C(NC1CC2(CNC2)S(=O)(=O)C1)OCc1ccccc1. The predicted octanol–water partition coefficient (Wildman–Crippen LogP) is 0.442. The van der Waals surface area contributed by atoms with Crippen molar-refractivity contribution >= 4 is 15.9 Å². The summed E-state index contributed by atoms with van der Waals surface area (Å²) in [6.45, 7) is 1.14. The summed E-state index contributed by atoms with van der Waals surface area (Å²) in [6, 6.07) is 8.99. The van der Waals surface area contributed by atoms with Crippen LogP contribution in [0.15, 0.2) is 30.3 Å². The summed E-state index contributed by atoms with van der Waals surface area (Å²) in [5.41, 5.74) is 0.895. The van der Waals surface area contributed by atoms with E-state index in [1.54, 1.807) is 0 Å². The molecular weight excluding hydrogens is 292 g/mol. The van der Waals surface area contributed by atoms with Crippen LogP contribution in [0.1, 0.15) is 12.0 Å². The largest absolute Gasteiger partial charge is 0.445 e. The third kappa shape index (κ3) is 2.75. The van der Waals surface area contributed by atoms with Crippen LogP contribution in [0.2, 0.25) is 0 Å². The van der Waals surface area contributed by atoms with Crippen LogP contribution < -0.4 is 10.6 Å². The first-order valence-corrected chi connectivity index (χ1v) is 8.56. The lowest BCUT2D eigenvalue weighted by Gasteiger charge is -2.37. The van der Waals surface area contributed by atoms with E-state index < -0.39 is 20.7 Å². The molecular formula is C14H18N2O4S. The fourth-order valence-electron chi connectivity index (χ4n) is 2.87. The number of hydrogen-bond donors (Lipinski definition) is 2. The minimum absolute atomic E-state index is 0.00484. The number of nitrogens with one attached hydrogen (secondary N) is 2. The Hall–Kier alpha value is -1.60. The summed E-state index contributed by atoms with van der Waals surface area (Å²) < 4.78 is 28.7. The highest BCUT2D eigenvalue weighted by atomic mass is 32.2. The van der Waals surface area contributed by atoms with Crippen molar-refractivity contribution in [2.24, 2.45) is 0 Å². The maximum absolute atomic E-state index is 12.1. The molecule has 0 aliphatic carbocycles. The molecule has 0 saturated carbocycles. The van der Waals surface area contributed by atoms with Gasteiger partial charge in [0, 0.05) is 19.1 Å². The van der Waals surface area contributed by atoms with E-state index in [0.29, 0.717) is 19.5 Å². The first kappa shape index (κ1) is 14.3. The fraction of sp³-hybridized carbons (Fsp3) is 0.500. The van der Waals surface area contributed by atoms with Gasteiger partial charge in [-0.3, -0.25) is 0 Å². The highest BCUT2D eigenvalue weighted by Gasteiger charge is 2.56. The molecule has 7 heteroatoms. The lowest BCUT2D eigenvalue weighted by Crippen LogP contribution is -2.62. The van der Waals surface area contributed by atoms with Gasteiger partial charge in [-0.1, -0.05) is 30.3 Å². The number of carbonyl (C=O) groups is 1. The molecule has 2 saturated heterocycles. The molecule has 2 fully saturated rings. The summed E-state index contributed by atoms with van der Waals surface area (Å²) in [5, 5.41) is 5.66. The third-order valence-electron chi connectivity index (χ3n) is 4.13. The van der Waals surface area contributed by atoms with Gasteiger partial charge in [-0.15, -0.1) is 0 Å². The van der Waals surface area contributed by atoms with Gasteiger partial charge in [-0.2, -0.15) is 0 Å². The Bertz CT molecular complexity index is 626. The van der Waals surface area contributed by atoms with Crippen molar-refractivity contribution in [2.75, 3.05) is 18.8 Å². The van der Waals surface area contributed by atoms with Crippen molar-refractivity contribution in [3.63, 3.8) is 0 Å². The molecule has 1 aromatic carbocycles. The average Bonchev–Trinajstić information content (AvgIpc) is 2.68. The second-order valence-corrected chi connectivity index (χ2v) is 8.10. The van der Waals surface area contributed by atoms with E-state index in [9.17, 15) is 13.2 Å². The van der Waals surface area contributed by atoms with Gasteiger partial charge in [-0.05, 0) is 12.0 Å². The van der Waals surface area contributed by atoms with E-state index in [1.807, 2.05) is 30.3 Å². The quantitative estimate of drug-likeness (QED) is 0.846. The Kier molecular flexibility index (Phi) is 3.62. The van der Waals surface area contributed by atoms with E-state index in [0.717, 1.165) is 5.56 Å². The van der Waals surface area contributed by atoms with Crippen molar-refractivity contribution in [1.82, 2.24) is 10.6 Å². The zero-order valence-corrected chi connectivity index (χ0v) is 12.4. The number of alkyl carbamates (subject to hydrolysis) is 1. The monoisotopic (exact) mass is 310 g/mol. The lowest BCUT2D eigenvalue weighted by molar-refractivity contribution is 0.135. The first-order chi connectivity index (χ1) is 10.0. The molecule has 1 amide bonds. The molecule has 3 rings (SSSR count). The molecule has 6 nitrogen and oxygen atoms in total. The van der Waals surface area contributed by atoms with Crippen molar-refractivity contribution in [1.29, 1.82) is 0 Å². The van der Waals surface area contributed by atoms with Crippen LogP contribution in [0, 0.1) is 0 Å². The molecule has 1 unspecified atom stereocenters. The average molecular weight is 310 g/mol. The normalized spacial score (nSPS) is 25.2. The van der Waals surface area contributed by atoms with Gasteiger partial charge in [0.2, 0.25) is 0 Å². The van der Waals surface area contributed by atoms with E-state index >= 15 is 0 Å². The van der Waals surface area contributed by atoms with Crippen LogP contribution in [-0.4, -0.2) is 44.1 Å². The maximum atomic E-state index is 12.1. The maximum Gasteiger partial charge on any atom is 0.407 e. The molecule has 0 bridgehead atoms. The summed E-state index contributed by atoms with van der Waals surface area (Å²) in [6.07, 6.45) is -0.105. The molecule has 2 aliphatic heterocycles. The summed E-state index contributed by atoms with van der Waals surface area (Å²) in [4.78, 5) is 11.8. The zero-order valence-electron chi connectivity index (χ0n) is 11.5. The van der Waals surface area contributed by atoms with Gasteiger partial charge in [-0.25, -0.2) is 13.2 Å². The highest BCUT2D eigenvalue weighted by Crippen LogP contribution is 2.35. The van der Waals surface area contributed by atoms with Crippen LogP contribution >= 0.6 is 0 Å². The summed E-state index contributed by atoms with van der Waals surface area (Å²) in [5.74, 6) is -0.00484. The number of amides is 1. The minimum atomic E-state index is -3.14. The molecule has 1 atom stereocenters. The van der Waals surface area contributed by atoms with Crippen LogP contribution in [0.3, 0.4) is 0 Å². The van der Waals surface area contributed by atoms with Crippen molar-refractivity contribution in [3.8, 4) is 0 Å². The second kappa shape index (κ2) is 5.31. The fourth-order valence-corrected chi connectivity index (χ4v) is 5.05. The summed E-state index contributed by atoms with van der Waals surface area (Å²) >= 11 is 0. The number of benzene rings is 1. The Labute approximate surface area is 123 Å². The molecule has 2 heterocycles. The summed E-state index contributed by atoms with van der Waals surface area (Å²) in [7, 11) is -3.14. The number of sulfone groups is 1. The van der Waals surface area contributed by atoms with Gasteiger partial charge >= 0.3 is 6.09 Å². The second-order valence-electron chi connectivity index (χ2n) is 5.68. The zero-order chi connectivity index (χ0) is 14.9. The van der Waals surface area contributed by atoms with Gasteiger partial charge in [0.25, 0.3) is 0 Å². The van der Waals surface area contributed by atoms with Crippen molar-refractivity contribution in [3.05, 3.63) is 35.9 Å². The van der Waals surface area contributed by atoms with E-state index in [4.69, 9.17) is 4.74 Å². The Morgan fingerprint density at radius 1 is 1.33 bits per heavy atom. The number of ether oxygens (including phenoxy) is 1. The van der Waals surface area contributed by atoms with Gasteiger partial charge in [0.15, 0.2) is 9.84 Å². The topological polar surface area (TPSA) is 84.5 Å². The standard InChI is InChI=1S/C14H18N2O4S/c17-13(20-7-11-4-2-1-3-5-11)16-12-6-14(9-15-10-14)21(18,19)8-12/h1-5,12,15H,6-10H2,(H,16,17). The van der Waals surface area contributed by atoms with Gasteiger partial charge < -0.3 is 15.4 Å². The first-order valence-electron chi connectivity index (χ1n) is 6.91. The minimum Gasteiger partial charge on any atom is -0.445 e. The molecule has 2 aliphatic rings. The van der Waals surface area contributed by atoms with Gasteiger partial charge in [0.1, 0.15) is 6.61 Å². The number of rotatable bonds is 3. The van der Waals surface area contributed by atoms with Crippen LogP contribution in [0.4, 0.5) is 4.79 Å². The molecule has 21 heavy (non-hydrogen) atoms. The van der Waals surface area contributed by atoms with E-state index in [2.05, 4.69) is 10.6 Å². The molecule has 0 aromatic heterocycles. The molecule has 1 spiro atoms. The Balaban J connectivity index is 1.52. The molecule has 114 valence electrons. The van der Waals surface area contributed by atoms with Gasteiger partial charge in [0.05, 0.1) is 10.5 Å². The van der Waals surface area contributed by atoms with Crippen molar-refractivity contribution < 1.29 is 17.9 Å². The van der Waals surface area contributed by atoms with Crippen LogP contribution in [0.5, 0.6) is 0 Å². The van der Waals surface area contributed by atoms with E-state index in [1.165, 1.54) is 0 Å². The van der Waals surface area contributed by atoms with Crippen LogP contribution in [-0.2, 0) is 21.2 Å². The highest BCUT2D eigenvalue weighted by molar-refractivity contribution is 7.93. The Morgan fingerprint density at radius 3 is 2.62 bits per heavy atom. The van der Waals surface area contributed by atoms with Crippen molar-refractivity contribution in [2.45, 2.75) is 23.8 Å². The van der Waals surface area contributed by atoms with Crippen LogP contribution in [0.25, 0.3) is 0 Å². The lowest BCUT2D eigenvalue weighted by atomic mass is 9.95. The molecule has 0 radical (unpaired) electrons. The third-order valence-corrected chi connectivity index (χ3v) is 6.74. The molecule has 2 N–H and O–H groups in total. The number of hydrogen-bond acceptors (Lipinski definition) is 5. The predicted molar refractivity (Wildman–Crippen MR) is 77.6 cm³/mol. The van der Waals surface area contributed by atoms with E-state index in [-0.39, 0.29) is 18.4 Å². The smallest absolute Gasteiger partial charge is 0.407 e. The number of carbonyl (C=O) groups excluding carboxylic acids is 1. The molecule has 1 aromatic rings.